The molecule has 1 aromatic rings. The number of nitrogens with zero attached hydrogens (tertiary/aromatic N) is 1. The molecule has 2 saturated carbocycles. The van der Waals surface area contributed by atoms with Crippen LogP contribution in [0.15, 0.2) is 9.27 Å². The normalized spacial score (nSPS) is 21.8. The van der Waals surface area contributed by atoms with Crippen LogP contribution in [0.3, 0.4) is 0 Å². The van der Waals surface area contributed by atoms with Crippen molar-refractivity contribution in [1.29, 1.82) is 0 Å². The number of ether oxygens (including phenoxy) is 1. The van der Waals surface area contributed by atoms with Gasteiger partial charge in [-0.15, -0.1) is 0 Å². The molecule has 1 aromatic heterocycles. The number of nitrogens with one attached hydrogen (secondary N) is 1. The van der Waals surface area contributed by atoms with Gasteiger partial charge >= 0.3 is 0 Å². The minimum Gasteiger partial charge on any atom is -0.373 e. The summed E-state index contributed by atoms with van der Waals surface area (Å²) >= 11 is 3.40. The zero-order valence-electron chi connectivity index (χ0n) is 11.1. The van der Waals surface area contributed by atoms with E-state index in [0.717, 1.165) is 31.4 Å². The van der Waals surface area contributed by atoms with Gasteiger partial charge in [-0.05, 0) is 47.5 Å². The van der Waals surface area contributed by atoms with Crippen molar-refractivity contribution in [2.24, 2.45) is 5.92 Å². The fourth-order valence-corrected chi connectivity index (χ4v) is 3.54. The second kappa shape index (κ2) is 5.37. The lowest BCUT2D eigenvalue weighted by Gasteiger charge is -2.17. The maximum atomic E-state index is 12.1. The highest BCUT2D eigenvalue weighted by atomic mass is 79.9. The quantitative estimate of drug-likeness (QED) is 0.923. The third kappa shape index (κ3) is 2.63. The molecular formula is C14H19BrN2O2. The molecule has 4 nitrogen and oxygen atoms in total. The van der Waals surface area contributed by atoms with Crippen molar-refractivity contribution in [2.45, 2.75) is 50.5 Å². The molecule has 0 saturated heterocycles. The zero-order valence-corrected chi connectivity index (χ0v) is 12.7. The number of H-pyrrole nitrogens is 1. The van der Waals surface area contributed by atoms with Crippen LogP contribution in [0.2, 0.25) is 0 Å². The molecule has 104 valence electrons. The van der Waals surface area contributed by atoms with Crippen molar-refractivity contribution in [2.75, 3.05) is 7.11 Å². The Balaban J connectivity index is 1.98. The van der Waals surface area contributed by atoms with Crippen LogP contribution < -0.4 is 5.56 Å². The van der Waals surface area contributed by atoms with Gasteiger partial charge in [0, 0.05) is 13.0 Å². The molecule has 1 atom stereocenters. The lowest BCUT2D eigenvalue weighted by molar-refractivity contribution is 0.0766. The molecule has 1 unspecified atom stereocenters. The Morgan fingerprint density at radius 1 is 1.32 bits per heavy atom. The van der Waals surface area contributed by atoms with Gasteiger partial charge in [-0.1, -0.05) is 12.8 Å². The highest BCUT2D eigenvalue weighted by Gasteiger charge is 2.35. The summed E-state index contributed by atoms with van der Waals surface area (Å²) in [5.41, 5.74) is 0.855. The van der Waals surface area contributed by atoms with Crippen molar-refractivity contribution < 1.29 is 4.74 Å². The lowest BCUT2D eigenvalue weighted by Crippen LogP contribution is -2.20. The topological polar surface area (TPSA) is 55.0 Å². The molecule has 3 rings (SSSR count). The van der Waals surface area contributed by atoms with E-state index in [1.165, 1.54) is 12.8 Å². The Labute approximate surface area is 121 Å². The summed E-state index contributed by atoms with van der Waals surface area (Å²) in [6, 6.07) is 0. The summed E-state index contributed by atoms with van der Waals surface area (Å²) in [7, 11) is 1.69. The van der Waals surface area contributed by atoms with Gasteiger partial charge in [0.2, 0.25) is 0 Å². The third-order valence-electron chi connectivity index (χ3n) is 4.22. The first-order valence-electron chi connectivity index (χ1n) is 7.03. The van der Waals surface area contributed by atoms with Crippen molar-refractivity contribution >= 4 is 15.9 Å². The van der Waals surface area contributed by atoms with E-state index in [9.17, 15) is 4.79 Å². The Kier molecular flexibility index (Phi) is 3.76. The van der Waals surface area contributed by atoms with Gasteiger partial charge in [-0.3, -0.25) is 4.79 Å². The Bertz CT molecular complexity index is 519. The number of aromatic amines is 1. The molecule has 0 amide bonds. The molecular weight excluding hydrogens is 308 g/mol. The van der Waals surface area contributed by atoms with E-state index in [2.05, 4.69) is 20.9 Å². The maximum absolute atomic E-state index is 12.1. The monoisotopic (exact) mass is 326 g/mol. The van der Waals surface area contributed by atoms with Crippen molar-refractivity contribution in [3.8, 4) is 0 Å². The van der Waals surface area contributed by atoms with E-state index < -0.39 is 0 Å². The second-order valence-corrected chi connectivity index (χ2v) is 6.42. The highest BCUT2D eigenvalue weighted by molar-refractivity contribution is 9.10. The van der Waals surface area contributed by atoms with E-state index in [1.807, 2.05) is 0 Å². The van der Waals surface area contributed by atoms with Crippen LogP contribution >= 0.6 is 15.9 Å². The second-order valence-electron chi connectivity index (χ2n) is 5.63. The molecule has 1 heterocycles. The Morgan fingerprint density at radius 2 is 2.00 bits per heavy atom. The van der Waals surface area contributed by atoms with Gasteiger partial charge in [0.25, 0.3) is 5.56 Å². The summed E-state index contributed by atoms with van der Waals surface area (Å²) in [6.45, 7) is 0. The number of rotatable bonds is 4. The lowest BCUT2D eigenvalue weighted by atomic mass is 10.0. The van der Waals surface area contributed by atoms with Crippen LogP contribution in [0.4, 0.5) is 0 Å². The fraction of sp³-hybridized carbons (Fsp3) is 0.714. The molecule has 0 aliphatic heterocycles. The van der Waals surface area contributed by atoms with E-state index in [0.29, 0.717) is 22.1 Å². The van der Waals surface area contributed by atoms with Crippen molar-refractivity contribution in [3.63, 3.8) is 0 Å². The minimum absolute atomic E-state index is 0.0547. The van der Waals surface area contributed by atoms with E-state index >= 15 is 0 Å². The number of methoxy groups -OCH3 is 1. The highest BCUT2D eigenvalue weighted by Crippen LogP contribution is 2.42. The SMILES string of the molecule is COC(c1nc(C2CCCC2)c(Br)c(=O)[nH]1)C1CC1. The van der Waals surface area contributed by atoms with E-state index in [-0.39, 0.29) is 11.7 Å². The molecule has 0 spiro atoms. The first-order valence-corrected chi connectivity index (χ1v) is 7.82. The smallest absolute Gasteiger partial charge is 0.265 e. The van der Waals surface area contributed by atoms with Crippen LogP contribution in [0.1, 0.15) is 62.1 Å². The predicted molar refractivity (Wildman–Crippen MR) is 76.2 cm³/mol. The van der Waals surface area contributed by atoms with Gasteiger partial charge in [-0.25, -0.2) is 4.98 Å². The third-order valence-corrected chi connectivity index (χ3v) is 4.99. The van der Waals surface area contributed by atoms with E-state index in [1.54, 1.807) is 7.11 Å². The van der Waals surface area contributed by atoms with Gasteiger partial charge in [-0.2, -0.15) is 0 Å². The molecule has 2 aliphatic rings. The molecule has 5 heteroatoms. The first kappa shape index (κ1) is 13.3. The molecule has 0 radical (unpaired) electrons. The average molecular weight is 327 g/mol. The number of halogens is 1. The molecule has 0 aromatic carbocycles. The number of aromatic nitrogens is 2. The Hall–Kier alpha value is -0.680. The summed E-state index contributed by atoms with van der Waals surface area (Å²) in [6.07, 6.45) is 7.01. The predicted octanol–water partition coefficient (Wildman–Crippen LogP) is 3.29. The molecule has 2 aliphatic carbocycles. The van der Waals surface area contributed by atoms with Crippen LogP contribution in [-0.2, 0) is 4.74 Å². The zero-order chi connectivity index (χ0) is 13.4. The van der Waals surface area contributed by atoms with Crippen LogP contribution in [0.25, 0.3) is 0 Å². The summed E-state index contributed by atoms with van der Waals surface area (Å²) in [5, 5.41) is 0. The molecule has 19 heavy (non-hydrogen) atoms. The number of hydrogen-bond acceptors (Lipinski definition) is 3. The van der Waals surface area contributed by atoms with Crippen molar-refractivity contribution in [3.05, 3.63) is 26.3 Å². The Morgan fingerprint density at radius 3 is 2.58 bits per heavy atom. The summed E-state index contributed by atoms with van der Waals surface area (Å²) in [5.74, 6) is 1.65. The molecule has 0 bridgehead atoms. The summed E-state index contributed by atoms with van der Waals surface area (Å²) < 4.78 is 6.13. The van der Waals surface area contributed by atoms with Gasteiger partial charge < -0.3 is 9.72 Å². The molecule has 2 fully saturated rings. The van der Waals surface area contributed by atoms with Crippen LogP contribution in [-0.4, -0.2) is 17.1 Å². The largest absolute Gasteiger partial charge is 0.373 e. The van der Waals surface area contributed by atoms with Gasteiger partial charge in [0.15, 0.2) is 0 Å². The maximum Gasteiger partial charge on any atom is 0.265 e. The first-order chi connectivity index (χ1) is 9.20. The minimum atomic E-state index is -0.0744. The van der Waals surface area contributed by atoms with Crippen molar-refractivity contribution in [1.82, 2.24) is 9.97 Å². The van der Waals surface area contributed by atoms with Gasteiger partial charge in [0.05, 0.1) is 5.69 Å². The summed E-state index contributed by atoms with van der Waals surface area (Å²) in [4.78, 5) is 19.7. The standard InChI is InChI=1S/C14H19BrN2O2/c1-19-12(9-6-7-9)13-16-11(8-4-2-3-5-8)10(15)14(18)17-13/h8-9,12H,2-7H2,1H3,(H,16,17,18). The number of hydrogen-bond donors (Lipinski definition) is 1. The van der Waals surface area contributed by atoms with Gasteiger partial charge in [0.1, 0.15) is 16.4 Å². The average Bonchev–Trinajstić information content (AvgIpc) is 3.08. The van der Waals surface area contributed by atoms with E-state index in [4.69, 9.17) is 9.72 Å². The van der Waals surface area contributed by atoms with Crippen LogP contribution in [0.5, 0.6) is 0 Å². The fourth-order valence-electron chi connectivity index (χ4n) is 3.03. The molecule has 1 N–H and O–H groups in total. The van der Waals surface area contributed by atoms with Crippen LogP contribution in [0, 0.1) is 5.92 Å².